The van der Waals surface area contributed by atoms with E-state index in [2.05, 4.69) is 9.97 Å². The summed E-state index contributed by atoms with van der Waals surface area (Å²) in [4.78, 5) is 20.1. The zero-order valence-electron chi connectivity index (χ0n) is 26.5. The number of hydrogen-bond acceptors (Lipinski definition) is 8. The zero-order chi connectivity index (χ0) is 32.2. The molecule has 2 heterocycles. The van der Waals surface area contributed by atoms with Gasteiger partial charge in [-0.25, -0.2) is 14.8 Å². The Labute approximate surface area is 269 Å². The summed E-state index contributed by atoms with van der Waals surface area (Å²) in [6.07, 6.45) is 4.33. The van der Waals surface area contributed by atoms with E-state index < -0.39 is 11.6 Å². The number of carbonyl (C=O) groups is 1. The molecule has 0 aliphatic heterocycles. The fourth-order valence-electron chi connectivity index (χ4n) is 5.08. The summed E-state index contributed by atoms with van der Waals surface area (Å²) in [6, 6.07) is 19.8. The second-order valence-electron chi connectivity index (χ2n) is 11.8. The summed E-state index contributed by atoms with van der Waals surface area (Å²) >= 11 is 5.45. The molecule has 0 saturated heterocycles. The lowest BCUT2D eigenvalue weighted by molar-refractivity contribution is -0.163. The van der Waals surface area contributed by atoms with Gasteiger partial charge in [-0.2, -0.15) is 0 Å². The number of halogens is 1. The highest BCUT2D eigenvalue weighted by Gasteiger charge is 2.30. The maximum atomic E-state index is 11.2. The van der Waals surface area contributed by atoms with Gasteiger partial charge in [0.25, 0.3) is 0 Å². The summed E-state index contributed by atoms with van der Waals surface area (Å²) in [6.45, 7) is 8.95. The molecule has 1 fully saturated rings. The number of carboxylic acid groups (broad SMARTS) is 1. The number of aromatic nitrogens is 2. The van der Waals surface area contributed by atoms with Crippen molar-refractivity contribution < 1.29 is 32.9 Å². The first kappa shape index (κ1) is 34.4. The van der Waals surface area contributed by atoms with Crippen LogP contribution >= 0.6 is 11.6 Å². The van der Waals surface area contributed by atoms with Crippen LogP contribution in [0.3, 0.4) is 0 Å². The Kier molecular flexibility index (Phi) is 12.8. The first-order valence-electron chi connectivity index (χ1n) is 15.3. The van der Waals surface area contributed by atoms with Crippen LogP contribution in [-0.4, -0.2) is 45.9 Å². The first-order valence-corrected chi connectivity index (χ1v) is 15.8. The van der Waals surface area contributed by atoms with Crippen molar-refractivity contribution in [2.45, 2.75) is 72.2 Å². The minimum atomic E-state index is -1.13. The minimum absolute atomic E-state index is 0.160. The highest BCUT2D eigenvalue weighted by molar-refractivity contribution is 6.17. The van der Waals surface area contributed by atoms with Crippen molar-refractivity contribution >= 4 is 17.6 Å². The first-order chi connectivity index (χ1) is 21.7. The van der Waals surface area contributed by atoms with Crippen LogP contribution in [0.25, 0.3) is 22.9 Å². The Morgan fingerprint density at radius 2 is 1.33 bits per heavy atom. The maximum absolute atomic E-state index is 11.2. The van der Waals surface area contributed by atoms with Crippen LogP contribution in [-0.2, 0) is 32.2 Å². The molecule has 2 aromatic heterocycles. The molecular formula is C35H43ClN2O7. The molecule has 10 heteroatoms. The minimum Gasteiger partial charge on any atom is -0.479 e. The number of alkyl halides is 1. The molecule has 4 aromatic rings. The number of hydrogen-bond donors (Lipinski definition) is 1. The smallest absolute Gasteiger partial charge is 0.335 e. The number of ether oxygens (including phenoxy) is 3. The molecule has 45 heavy (non-hydrogen) atoms. The summed E-state index contributed by atoms with van der Waals surface area (Å²) < 4.78 is 28.1. The maximum Gasteiger partial charge on any atom is 0.335 e. The lowest BCUT2D eigenvalue weighted by atomic mass is 9.82. The molecular weight excluding hydrogens is 596 g/mol. The molecule has 242 valence electrons. The predicted molar refractivity (Wildman–Crippen MR) is 172 cm³/mol. The number of carboxylic acids is 1. The van der Waals surface area contributed by atoms with Gasteiger partial charge < -0.3 is 28.2 Å². The largest absolute Gasteiger partial charge is 0.479 e. The van der Waals surface area contributed by atoms with E-state index in [1.54, 1.807) is 13.8 Å². The number of oxazole rings is 2. The number of benzene rings is 2. The molecule has 2 atom stereocenters. The van der Waals surface area contributed by atoms with E-state index in [0.717, 1.165) is 59.7 Å². The fraction of sp³-hybridized carbons (Fsp3) is 0.457. The summed E-state index contributed by atoms with van der Waals surface area (Å²) in [7, 11) is 0. The predicted octanol–water partition coefficient (Wildman–Crippen LogP) is 8.22. The van der Waals surface area contributed by atoms with Crippen molar-refractivity contribution in [1.29, 1.82) is 0 Å². The molecule has 2 aromatic carbocycles. The highest BCUT2D eigenvalue weighted by atomic mass is 35.5. The highest BCUT2D eigenvalue weighted by Crippen LogP contribution is 2.31. The van der Waals surface area contributed by atoms with Crippen molar-refractivity contribution in [2.75, 3.05) is 19.3 Å². The van der Waals surface area contributed by atoms with Gasteiger partial charge >= 0.3 is 5.97 Å². The van der Waals surface area contributed by atoms with E-state index in [0.29, 0.717) is 50.0 Å². The summed E-state index contributed by atoms with van der Waals surface area (Å²) in [5.74, 6) is 2.72. The van der Waals surface area contributed by atoms with Crippen LogP contribution < -0.4 is 0 Å². The van der Waals surface area contributed by atoms with Crippen LogP contribution in [0.4, 0.5) is 0 Å². The van der Waals surface area contributed by atoms with Crippen molar-refractivity contribution in [3.8, 4) is 22.9 Å². The Bertz CT molecular complexity index is 1470. The fourth-order valence-corrected chi connectivity index (χ4v) is 5.16. The van der Waals surface area contributed by atoms with Gasteiger partial charge in [0.1, 0.15) is 29.0 Å². The normalized spacial score (nSPS) is 16.6. The van der Waals surface area contributed by atoms with Gasteiger partial charge in [0.15, 0.2) is 5.60 Å². The van der Waals surface area contributed by atoms with Gasteiger partial charge in [-0.15, -0.1) is 0 Å². The molecule has 9 nitrogen and oxygen atoms in total. The lowest BCUT2D eigenvalue weighted by Crippen LogP contribution is -2.37. The molecule has 5 rings (SSSR count). The molecule has 0 unspecified atom stereocenters. The van der Waals surface area contributed by atoms with Crippen LogP contribution in [0, 0.1) is 25.7 Å². The van der Waals surface area contributed by atoms with Crippen LogP contribution in [0.2, 0.25) is 0 Å². The van der Waals surface area contributed by atoms with Gasteiger partial charge in [-0.3, -0.25) is 0 Å². The van der Waals surface area contributed by atoms with E-state index in [1.807, 2.05) is 74.5 Å². The number of rotatable bonds is 13. The van der Waals surface area contributed by atoms with Gasteiger partial charge in [0, 0.05) is 17.7 Å². The molecule has 1 aliphatic rings. The van der Waals surface area contributed by atoms with E-state index in [1.165, 1.54) is 0 Å². The van der Waals surface area contributed by atoms with Crippen molar-refractivity contribution in [2.24, 2.45) is 11.8 Å². The molecule has 1 saturated carbocycles. The van der Waals surface area contributed by atoms with Crippen molar-refractivity contribution in [3.05, 3.63) is 83.6 Å². The average molecular weight is 639 g/mol. The second-order valence-corrected chi connectivity index (χ2v) is 12.0. The standard InChI is InChI=1S/C23H31NO5.C12H12ClNO2/c1-16-20(24-21(29-16)19-10-5-4-6-11-19)15-27-13-17-8-7-9-18(12-17)14-28-23(2,3)22(25)26;1-9-11(7-15-8-13)14-12(16-9)10-5-3-2-4-6-10/h4-6,10-11,17-18H,7-9,12-15H2,1-3H3,(H,25,26);2-6H,7-8H2,1H3/t17-,18+;/m0./s1. The zero-order valence-corrected chi connectivity index (χ0v) is 27.2. The molecule has 0 radical (unpaired) electrons. The number of aryl methyl sites for hydroxylation is 2. The third kappa shape index (κ3) is 10.3. The summed E-state index contributed by atoms with van der Waals surface area (Å²) in [5, 5.41) is 9.19. The van der Waals surface area contributed by atoms with Gasteiger partial charge in [-0.1, -0.05) is 54.4 Å². The monoisotopic (exact) mass is 638 g/mol. The van der Waals surface area contributed by atoms with E-state index in [9.17, 15) is 9.90 Å². The molecule has 1 N–H and O–H groups in total. The van der Waals surface area contributed by atoms with Gasteiger partial charge in [0.2, 0.25) is 11.8 Å². The quantitative estimate of drug-likeness (QED) is 0.145. The van der Waals surface area contributed by atoms with Crippen LogP contribution in [0.5, 0.6) is 0 Å². The third-order valence-electron chi connectivity index (χ3n) is 7.82. The average Bonchev–Trinajstić information content (AvgIpc) is 3.62. The van der Waals surface area contributed by atoms with Crippen molar-refractivity contribution in [3.63, 3.8) is 0 Å². The van der Waals surface area contributed by atoms with Gasteiger partial charge in [0.05, 0.1) is 19.8 Å². The van der Waals surface area contributed by atoms with E-state index in [-0.39, 0.29) is 6.07 Å². The Morgan fingerprint density at radius 1 is 0.844 bits per heavy atom. The summed E-state index contributed by atoms with van der Waals surface area (Å²) in [5.41, 5.74) is 2.41. The third-order valence-corrected chi connectivity index (χ3v) is 7.98. The molecule has 0 bridgehead atoms. The van der Waals surface area contributed by atoms with E-state index >= 15 is 0 Å². The molecule has 0 amide bonds. The Hall–Kier alpha value is -3.50. The Morgan fingerprint density at radius 3 is 1.82 bits per heavy atom. The lowest BCUT2D eigenvalue weighted by Gasteiger charge is -2.31. The van der Waals surface area contributed by atoms with Gasteiger partial charge in [-0.05, 0) is 83.1 Å². The van der Waals surface area contributed by atoms with E-state index in [4.69, 9.17) is 34.6 Å². The van der Waals surface area contributed by atoms with Crippen LogP contribution in [0.15, 0.2) is 69.5 Å². The van der Waals surface area contributed by atoms with Crippen molar-refractivity contribution in [1.82, 2.24) is 9.97 Å². The topological polar surface area (TPSA) is 117 Å². The SMILES string of the molecule is Cc1oc(-c2ccccc2)nc1COCCl.Cc1oc(-c2ccccc2)nc1COC[C@H]1CCC[C@@H](COC(C)(C)C(=O)O)C1. The van der Waals surface area contributed by atoms with Crippen LogP contribution in [0.1, 0.15) is 62.4 Å². The number of aliphatic carboxylic acids is 1. The molecule has 1 aliphatic carbocycles. The molecule has 0 spiro atoms. The number of nitrogens with zero attached hydrogens (tertiary/aromatic N) is 2. The second kappa shape index (κ2) is 16.7. The Balaban J connectivity index is 0.000000242.